The molecule has 3 aromatic carbocycles. The second kappa shape index (κ2) is 9.80. The van der Waals surface area contributed by atoms with Crippen LogP contribution in [0.5, 0.6) is 5.75 Å². The van der Waals surface area contributed by atoms with Gasteiger partial charge in [-0.1, -0.05) is 70.2 Å². The molecule has 1 aromatic heterocycles. The van der Waals surface area contributed by atoms with Gasteiger partial charge in [-0.2, -0.15) is 0 Å². The van der Waals surface area contributed by atoms with Gasteiger partial charge in [0, 0.05) is 10.2 Å². The third-order valence-corrected chi connectivity index (χ3v) is 6.00. The Bertz CT molecular complexity index is 1180. The van der Waals surface area contributed by atoms with Crippen LogP contribution >= 0.6 is 27.7 Å². The summed E-state index contributed by atoms with van der Waals surface area (Å²) in [6.07, 6.45) is 0. The smallest absolute Gasteiger partial charge is 0.234 e. The topological polar surface area (TPSA) is 80.0 Å². The number of carbonyl (C=O) groups excluding carboxylic acids is 1. The fourth-order valence-electron chi connectivity index (χ4n) is 3.03. The van der Waals surface area contributed by atoms with Crippen molar-refractivity contribution < 1.29 is 9.90 Å². The average Bonchev–Trinajstić information content (AvgIpc) is 3.17. The number of phenols is 1. The maximum atomic E-state index is 12.4. The Hall–Kier alpha value is -3.10. The number of hydrogen-bond acceptors (Lipinski definition) is 5. The van der Waals surface area contributed by atoms with Crippen molar-refractivity contribution in [1.82, 2.24) is 14.8 Å². The molecule has 0 saturated carbocycles. The van der Waals surface area contributed by atoms with E-state index in [-0.39, 0.29) is 17.4 Å². The lowest BCUT2D eigenvalue weighted by molar-refractivity contribution is -0.113. The first kappa shape index (κ1) is 21.1. The van der Waals surface area contributed by atoms with Gasteiger partial charge in [-0.3, -0.25) is 9.36 Å². The second-order valence-corrected chi connectivity index (χ2v) is 8.60. The van der Waals surface area contributed by atoms with Gasteiger partial charge in [0.2, 0.25) is 5.91 Å². The van der Waals surface area contributed by atoms with E-state index in [1.807, 2.05) is 65.2 Å². The van der Waals surface area contributed by atoms with Crippen molar-refractivity contribution in [1.29, 1.82) is 0 Å². The number of hydrogen-bond donors (Lipinski definition) is 2. The Balaban J connectivity index is 1.56. The number of nitrogens with one attached hydrogen (secondary N) is 1. The van der Waals surface area contributed by atoms with Crippen LogP contribution in [-0.2, 0) is 11.3 Å². The quantitative estimate of drug-likeness (QED) is 0.345. The molecule has 4 rings (SSSR count). The maximum absolute atomic E-state index is 12.4. The Morgan fingerprint density at radius 2 is 1.68 bits per heavy atom. The van der Waals surface area contributed by atoms with E-state index in [2.05, 4.69) is 31.4 Å². The number of carbonyl (C=O) groups is 1. The van der Waals surface area contributed by atoms with Crippen LogP contribution in [0.3, 0.4) is 0 Å². The number of phenolic OH excluding ortho intramolecular Hbond substituents is 1. The van der Waals surface area contributed by atoms with Crippen molar-refractivity contribution in [3.05, 3.63) is 88.9 Å². The molecule has 0 aliphatic carbocycles. The van der Waals surface area contributed by atoms with Crippen LogP contribution in [0, 0.1) is 0 Å². The molecule has 0 fully saturated rings. The molecule has 8 heteroatoms. The number of para-hydroxylation sites is 1. The van der Waals surface area contributed by atoms with Crippen LogP contribution in [0.4, 0.5) is 5.69 Å². The predicted molar refractivity (Wildman–Crippen MR) is 126 cm³/mol. The van der Waals surface area contributed by atoms with Crippen LogP contribution in [0.25, 0.3) is 11.4 Å². The van der Waals surface area contributed by atoms with Gasteiger partial charge in [0.1, 0.15) is 5.75 Å². The fourth-order valence-corrected chi connectivity index (χ4v) is 4.03. The highest BCUT2D eigenvalue weighted by atomic mass is 79.9. The largest absolute Gasteiger partial charge is 0.507 e. The minimum absolute atomic E-state index is 0.133. The SMILES string of the molecule is O=C(CSc1nnc(-c2ccccc2O)n1Cc1ccccc1)Nc1ccc(Br)cc1. The van der Waals surface area contributed by atoms with Crippen molar-refractivity contribution in [3.63, 3.8) is 0 Å². The first-order valence-electron chi connectivity index (χ1n) is 9.54. The summed E-state index contributed by atoms with van der Waals surface area (Å²) in [7, 11) is 0. The summed E-state index contributed by atoms with van der Waals surface area (Å²) in [6.45, 7) is 0.522. The van der Waals surface area contributed by atoms with Crippen LogP contribution in [-0.4, -0.2) is 31.5 Å². The van der Waals surface area contributed by atoms with Gasteiger partial charge in [0.15, 0.2) is 11.0 Å². The third-order valence-electron chi connectivity index (χ3n) is 4.51. The Morgan fingerprint density at radius 3 is 2.42 bits per heavy atom. The van der Waals surface area contributed by atoms with Crippen LogP contribution in [0.15, 0.2) is 88.5 Å². The molecule has 0 atom stereocenters. The van der Waals surface area contributed by atoms with Crippen LogP contribution in [0.1, 0.15) is 5.56 Å². The number of aromatic nitrogens is 3. The standard InChI is InChI=1S/C23H19BrN4O2S/c24-17-10-12-18(13-11-17)25-21(30)15-31-23-27-26-22(19-8-4-5-9-20(19)29)28(23)14-16-6-2-1-3-7-16/h1-13,29H,14-15H2,(H,25,30). The summed E-state index contributed by atoms with van der Waals surface area (Å²) < 4.78 is 2.87. The van der Waals surface area contributed by atoms with E-state index < -0.39 is 0 Å². The lowest BCUT2D eigenvalue weighted by atomic mass is 10.1. The first-order valence-corrected chi connectivity index (χ1v) is 11.3. The minimum atomic E-state index is -0.134. The first-order chi connectivity index (χ1) is 15.1. The summed E-state index contributed by atoms with van der Waals surface area (Å²) in [5, 5.41) is 22.4. The zero-order chi connectivity index (χ0) is 21.6. The molecule has 0 spiro atoms. The molecule has 31 heavy (non-hydrogen) atoms. The van der Waals surface area contributed by atoms with E-state index in [1.54, 1.807) is 18.2 Å². The van der Waals surface area contributed by atoms with Gasteiger partial charge >= 0.3 is 0 Å². The number of thioether (sulfide) groups is 1. The number of anilines is 1. The van der Waals surface area contributed by atoms with Crippen LogP contribution in [0.2, 0.25) is 0 Å². The summed E-state index contributed by atoms with van der Waals surface area (Å²) >= 11 is 4.69. The Labute approximate surface area is 192 Å². The number of amides is 1. The van der Waals surface area contributed by atoms with Gasteiger partial charge in [0.25, 0.3) is 0 Å². The van der Waals surface area contributed by atoms with Gasteiger partial charge in [-0.25, -0.2) is 0 Å². The normalized spacial score (nSPS) is 10.7. The molecule has 0 aliphatic rings. The highest BCUT2D eigenvalue weighted by Gasteiger charge is 2.18. The number of benzene rings is 3. The fraction of sp³-hybridized carbons (Fsp3) is 0.0870. The highest BCUT2D eigenvalue weighted by molar-refractivity contribution is 9.10. The van der Waals surface area contributed by atoms with E-state index in [9.17, 15) is 9.90 Å². The summed E-state index contributed by atoms with van der Waals surface area (Å²) in [6, 6.07) is 24.4. The Morgan fingerprint density at radius 1 is 0.968 bits per heavy atom. The zero-order valence-corrected chi connectivity index (χ0v) is 18.8. The van der Waals surface area contributed by atoms with Crippen LogP contribution < -0.4 is 5.32 Å². The van der Waals surface area contributed by atoms with Crippen molar-refractivity contribution in [2.24, 2.45) is 0 Å². The molecule has 4 aromatic rings. The van der Waals surface area contributed by atoms with E-state index in [0.717, 1.165) is 15.7 Å². The van der Waals surface area contributed by atoms with Crippen molar-refractivity contribution in [3.8, 4) is 17.1 Å². The van der Waals surface area contributed by atoms with E-state index in [0.29, 0.717) is 23.1 Å². The van der Waals surface area contributed by atoms with E-state index in [1.165, 1.54) is 11.8 Å². The molecule has 0 bridgehead atoms. The third kappa shape index (κ3) is 5.34. The summed E-state index contributed by atoms with van der Waals surface area (Å²) in [4.78, 5) is 12.4. The lowest BCUT2D eigenvalue weighted by Gasteiger charge is -2.11. The minimum Gasteiger partial charge on any atom is -0.507 e. The number of rotatable bonds is 7. The molecule has 0 saturated heterocycles. The van der Waals surface area contributed by atoms with Crippen molar-refractivity contribution in [2.75, 3.05) is 11.1 Å². The zero-order valence-electron chi connectivity index (χ0n) is 16.4. The van der Waals surface area contributed by atoms with Crippen molar-refractivity contribution in [2.45, 2.75) is 11.7 Å². The maximum Gasteiger partial charge on any atom is 0.234 e. The van der Waals surface area contributed by atoms with Gasteiger partial charge < -0.3 is 10.4 Å². The van der Waals surface area contributed by atoms with Crippen molar-refractivity contribution >= 4 is 39.3 Å². The summed E-state index contributed by atoms with van der Waals surface area (Å²) in [5.74, 6) is 0.737. The summed E-state index contributed by atoms with van der Waals surface area (Å²) in [5.41, 5.74) is 2.40. The molecule has 1 heterocycles. The average molecular weight is 495 g/mol. The molecule has 1 amide bonds. The van der Waals surface area contributed by atoms with Gasteiger partial charge in [-0.05, 0) is 42.0 Å². The number of aromatic hydroxyl groups is 1. The molecule has 0 radical (unpaired) electrons. The molecule has 2 N–H and O–H groups in total. The van der Waals surface area contributed by atoms with Gasteiger partial charge in [0.05, 0.1) is 17.9 Å². The van der Waals surface area contributed by atoms with Gasteiger partial charge in [-0.15, -0.1) is 10.2 Å². The molecule has 0 aliphatic heterocycles. The number of halogens is 1. The molecule has 6 nitrogen and oxygen atoms in total. The molecular weight excluding hydrogens is 476 g/mol. The van der Waals surface area contributed by atoms with E-state index in [4.69, 9.17) is 0 Å². The molecular formula is C23H19BrN4O2S. The second-order valence-electron chi connectivity index (χ2n) is 6.74. The monoisotopic (exact) mass is 494 g/mol. The lowest BCUT2D eigenvalue weighted by Crippen LogP contribution is -2.14. The molecule has 0 unspecified atom stereocenters. The molecule has 156 valence electrons. The number of nitrogens with zero attached hydrogens (tertiary/aromatic N) is 3. The predicted octanol–water partition coefficient (Wildman–Crippen LogP) is 5.19. The van der Waals surface area contributed by atoms with E-state index >= 15 is 0 Å². The Kier molecular flexibility index (Phi) is 6.69. The highest BCUT2D eigenvalue weighted by Crippen LogP contribution is 2.30.